The number of ketones is 1. The zero-order valence-corrected chi connectivity index (χ0v) is 20.3. The van der Waals surface area contributed by atoms with Gasteiger partial charge >= 0.3 is 0 Å². The number of aryl methyl sites for hydroxylation is 1. The third-order valence-corrected chi connectivity index (χ3v) is 6.94. The number of hydrogen-bond acceptors (Lipinski definition) is 4. The second-order valence-corrected chi connectivity index (χ2v) is 9.02. The van der Waals surface area contributed by atoms with Crippen LogP contribution < -0.4 is 9.64 Å². The number of nitrogens with one attached hydrogen (secondary N) is 1. The third-order valence-electron chi connectivity index (χ3n) is 6.20. The molecule has 176 valence electrons. The first-order valence-electron chi connectivity index (χ1n) is 10.8. The summed E-state index contributed by atoms with van der Waals surface area (Å²) < 4.78 is 5.25. The van der Waals surface area contributed by atoms with Crippen LogP contribution in [0.2, 0.25) is 10.0 Å². The van der Waals surface area contributed by atoms with Crippen LogP contribution in [0.25, 0.3) is 16.7 Å². The van der Waals surface area contributed by atoms with E-state index in [0.717, 1.165) is 22.2 Å². The van der Waals surface area contributed by atoms with E-state index in [9.17, 15) is 14.7 Å². The molecule has 1 atom stereocenters. The van der Waals surface area contributed by atoms with Crippen molar-refractivity contribution in [1.82, 2.24) is 4.98 Å². The fraction of sp³-hybridized carbons (Fsp3) is 0.111. The number of methoxy groups -OCH3 is 1. The average molecular weight is 507 g/mol. The number of aliphatic hydroxyl groups excluding tert-OH is 1. The van der Waals surface area contributed by atoms with Crippen LogP contribution in [0.5, 0.6) is 5.75 Å². The standard InChI is InChI=1S/C27H20Cl2N2O4/c1-14-22(18-5-3-4-6-21(18)30-14)24-23(25(32)15-7-12-19(28)20(29)13-15)26(33)27(34)31(24)16-8-10-17(35-2)11-9-16/h3-13,24,30,32H,1-2H3/b25-23+. The number of ether oxygens (including phenoxy) is 1. The molecule has 0 radical (unpaired) electrons. The van der Waals surface area contributed by atoms with Gasteiger partial charge in [0.2, 0.25) is 0 Å². The van der Waals surface area contributed by atoms with E-state index in [4.69, 9.17) is 27.9 Å². The van der Waals surface area contributed by atoms with E-state index < -0.39 is 17.7 Å². The summed E-state index contributed by atoms with van der Waals surface area (Å²) in [5, 5.41) is 12.7. The van der Waals surface area contributed by atoms with Gasteiger partial charge in [0.25, 0.3) is 11.7 Å². The van der Waals surface area contributed by atoms with E-state index in [0.29, 0.717) is 16.5 Å². The predicted molar refractivity (Wildman–Crippen MR) is 137 cm³/mol. The Kier molecular flexibility index (Phi) is 5.79. The molecule has 1 aliphatic heterocycles. The van der Waals surface area contributed by atoms with Gasteiger partial charge in [0.05, 0.1) is 28.8 Å². The van der Waals surface area contributed by atoms with Gasteiger partial charge in [-0.15, -0.1) is 0 Å². The minimum Gasteiger partial charge on any atom is -0.507 e. The van der Waals surface area contributed by atoms with Crippen LogP contribution in [0.15, 0.2) is 72.3 Å². The molecule has 5 rings (SSSR count). The average Bonchev–Trinajstić information content (AvgIpc) is 3.32. The summed E-state index contributed by atoms with van der Waals surface area (Å²) in [6.45, 7) is 1.88. The molecule has 1 amide bonds. The molecule has 3 aromatic carbocycles. The van der Waals surface area contributed by atoms with Crippen LogP contribution in [-0.4, -0.2) is 28.9 Å². The molecule has 1 fully saturated rings. The van der Waals surface area contributed by atoms with Crippen LogP contribution in [0, 0.1) is 6.92 Å². The predicted octanol–water partition coefficient (Wildman–Crippen LogP) is 6.42. The lowest BCUT2D eigenvalue weighted by Crippen LogP contribution is -2.29. The molecule has 8 heteroatoms. The number of carbonyl (C=O) groups is 2. The molecule has 1 saturated heterocycles. The van der Waals surface area contributed by atoms with Gasteiger partial charge in [0.1, 0.15) is 11.5 Å². The van der Waals surface area contributed by atoms with Gasteiger partial charge in [-0.25, -0.2) is 0 Å². The highest BCUT2D eigenvalue weighted by Crippen LogP contribution is 2.46. The number of amides is 1. The summed E-state index contributed by atoms with van der Waals surface area (Å²) in [6, 6.07) is 18.2. The quantitative estimate of drug-likeness (QED) is 0.190. The van der Waals surface area contributed by atoms with Crippen molar-refractivity contribution in [3.8, 4) is 5.75 Å². The highest BCUT2D eigenvalue weighted by Gasteiger charge is 2.48. The van der Waals surface area contributed by atoms with Gasteiger partial charge < -0.3 is 14.8 Å². The molecule has 2 N–H and O–H groups in total. The van der Waals surface area contributed by atoms with Gasteiger partial charge in [-0.2, -0.15) is 0 Å². The highest BCUT2D eigenvalue weighted by molar-refractivity contribution is 6.52. The Morgan fingerprint density at radius 3 is 2.40 bits per heavy atom. The molecule has 1 aromatic heterocycles. The summed E-state index contributed by atoms with van der Waals surface area (Å²) >= 11 is 12.2. The number of benzene rings is 3. The zero-order valence-electron chi connectivity index (χ0n) is 18.8. The molecule has 0 saturated carbocycles. The molecule has 4 aromatic rings. The Morgan fingerprint density at radius 1 is 1.00 bits per heavy atom. The highest BCUT2D eigenvalue weighted by atomic mass is 35.5. The first-order chi connectivity index (χ1) is 16.8. The minimum atomic E-state index is -0.881. The third kappa shape index (κ3) is 3.75. The smallest absolute Gasteiger partial charge is 0.300 e. The summed E-state index contributed by atoms with van der Waals surface area (Å²) in [5.41, 5.74) is 3.10. The van der Waals surface area contributed by atoms with Crippen molar-refractivity contribution in [3.63, 3.8) is 0 Å². The van der Waals surface area contributed by atoms with Gasteiger partial charge in [-0.05, 0) is 55.5 Å². The second-order valence-electron chi connectivity index (χ2n) is 8.21. The van der Waals surface area contributed by atoms with Crippen molar-refractivity contribution in [3.05, 3.63) is 99.2 Å². The maximum absolute atomic E-state index is 13.4. The van der Waals surface area contributed by atoms with E-state index in [1.165, 1.54) is 17.0 Å². The van der Waals surface area contributed by atoms with E-state index in [-0.39, 0.29) is 21.9 Å². The first kappa shape index (κ1) is 23.0. The largest absolute Gasteiger partial charge is 0.507 e. The topological polar surface area (TPSA) is 82.6 Å². The fourth-order valence-electron chi connectivity index (χ4n) is 4.56. The second kappa shape index (κ2) is 8.80. The van der Waals surface area contributed by atoms with Crippen LogP contribution in [0.3, 0.4) is 0 Å². The molecule has 1 unspecified atom stereocenters. The minimum absolute atomic E-state index is 0.0305. The van der Waals surface area contributed by atoms with Crippen LogP contribution in [0.4, 0.5) is 5.69 Å². The number of fused-ring (bicyclic) bond motifs is 1. The van der Waals surface area contributed by atoms with Crippen molar-refractivity contribution in [1.29, 1.82) is 0 Å². The molecule has 0 spiro atoms. The maximum atomic E-state index is 13.4. The lowest BCUT2D eigenvalue weighted by Gasteiger charge is -2.26. The van der Waals surface area contributed by atoms with E-state index in [1.807, 2.05) is 31.2 Å². The number of nitrogens with zero attached hydrogens (tertiary/aromatic N) is 1. The van der Waals surface area contributed by atoms with E-state index in [2.05, 4.69) is 4.98 Å². The number of aromatic amines is 1. The first-order valence-corrected chi connectivity index (χ1v) is 11.5. The molecule has 0 aliphatic carbocycles. The number of Topliss-reactive ketones (excluding diaryl/α,β-unsaturated/α-hetero) is 1. The van der Waals surface area contributed by atoms with Crippen molar-refractivity contribution in [2.75, 3.05) is 12.0 Å². The Balaban J connectivity index is 1.80. The SMILES string of the molecule is COc1ccc(N2C(=O)C(=O)/C(=C(/O)c3ccc(Cl)c(Cl)c3)C2c2c(C)[nH]c3ccccc23)cc1. The molecule has 35 heavy (non-hydrogen) atoms. The van der Waals surface area contributed by atoms with Gasteiger partial charge in [0.15, 0.2) is 0 Å². The number of carbonyl (C=O) groups excluding carboxylic acids is 2. The van der Waals surface area contributed by atoms with Crippen molar-refractivity contribution >= 4 is 57.2 Å². The van der Waals surface area contributed by atoms with Crippen molar-refractivity contribution in [2.45, 2.75) is 13.0 Å². The number of rotatable bonds is 4. The Bertz CT molecular complexity index is 1520. The zero-order chi connectivity index (χ0) is 24.9. The molecule has 0 bridgehead atoms. The number of aliphatic hydroxyl groups is 1. The molecule has 2 heterocycles. The number of anilines is 1. The Hall–Kier alpha value is -3.74. The van der Waals surface area contributed by atoms with Crippen LogP contribution in [0.1, 0.15) is 22.9 Å². The van der Waals surface area contributed by atoms with Crippen molar-refractivity contribution in [2.24, 2.45) is 0 Å². The molecule has 6 nitrogen and oxygen atoms in total. The van der Waals surface area contributed by atoms with Gasteiger partial charge in [0, 0.05) is 33.4 Å². The van der Waals surface area contributed by atoms with E-state index in [1.54, 1.807) is 37.4 Å². The summed E-state index contributed by atoms with van der Waals surface area (Å²) in [6.07, 6.45) is 0. The van der Waals surface area contributed by atoms with Gasteiger partial charge in [-0.1, -0.05) is 41.4 Å². The fourth-order valence-corrected chi connectivity index (χ4v) is 4.86. The number of aromatic nitrogens is 1. The van der Waals surface area contributed by atoms with Crippen LogP contribution >= 0.6 is 23.2 Å². The lowest BCUT2D eigenvalue weighted by atomic mass is 9.93. The Morgan fingerprint density at radius 2 is 1.71 bits per heavy atom. The number of H-pyrrole nitrogens is 1. The monoisotopic (exact) mass is 506 g/mol. The van der Waals surface area contributed by atoms with E-state index >= 15 is 0 Å². The van der Waals surface area contributed by atoms with Gasteiger partial charge in [-0.3, -0.25) is 14.5 Å². The number of para-hydroxylation sites is 1. The lowest BCUT2D eigenvalue weighted by molar-refractivity contribution is -0.132. The van der Waals surface area contributed by atoms with Crippen molar-refractivity contribution < 1.29 is 19.4 Å². The number of hydrogen-bond donors (Lipinski definition) is 2. The summed E-state index contributed by atoms with van der Waals surface area (Å²) in [5.74, 6) is -1.25. The number of halogens is 2. The molecular formula is C27H20Cl2N2O4. The maximum Gasteiger partial charge on any atom is 0.300 e. The molecule has 1 aliphatic rings. The summed E-state index contributed by atoms with van der Waals surface area (Å²) in [7, 11) is 1.55. The normalized spacial score (nSPS) is 17.4. The molecular weight excluding hydrogens is 487 g/mol. The Labute approximate surface area is 211 Å². The summed E-state index contributed by atoms with van der Waals surface area (Å²) in [4.78, 5) is 31.6. The van der Waals surface area contributed by atoms with Crippen LogP contribution in [-0.2, 0) is 9.59 Å².